The predicted molar refractivity (Wildman–Crippen MR) is 84.0 cm³/mol. The van der Waals surface area contributed by atoms with E-state index in [0.717, 1.165) is 32.4 Å². The van der Waals surface area contributed by atoms with Crippen LogP contribution in [0.2, 0.25) is 0 Å². The van der Waals surface area contributed by atoms with E-state index in [1.807, 2.05) is 6.92 Å². The van der Waals surface area contributed by atoms with Gasteiger partial charge in [-0.15, -0.1) is 0 Å². The summed E-state index contributed by atoms with van der Waals surface area (Å²) in [5, 5.41) is 9.53. The van der Waals surface area contributed by atoms with Crippen molar-refractivity contribution in [2.24, 2.45) is 5.41 Å². The lowest BCUT2D eigenvalue weighted by atomic mass is 9.77. The third-order valence-electron chi connectivity index (χ3n) is 5.09. The molecule has 3 nitrogen and oxygen atoms in total. The van der Waals surface area contributed by atoms with Gasteiger partial charge in [-0.1, -0.05) is 46.0 Å². The Bertz CT molecular complexity index is 293. The molecular weight excluding hydrogens is 250 g/mol. The number of aliphatic carboxylic acids is 1. The molecule has 20 heavy (non-hydrogen) atoms. The zero-order valence-electron chi connectivity index (χ0n) is 13.7. The van der Waals surface area contributed by atoms with Crippen molar-refractivity contribution >= 4 is 5.97 Å². The summed E-state index contributed by atoms with van der Waals surface area (Å²) in [4.78, 5) is 14.0. The van der Waals surface area contributed by atoms with Crippen LogP contribution in [0.4, 0.5) is 0 Å². The number of nitrogens with zero attached hydrogens (tertiary/aromatic N) is 1. The summed E-state index contributed by atoms with van der Waals surface area (Å²) in [5.74, 6) is -0.597. The summed E-state index contributed by atoms with van der Waals surface area (Å²) >= 11 is 0. The average Bonchev–Trinajstić information content (AvgIpc) is 2.46. The molecule has 2 atom stereocenters. The normalized spacial score (nSPS) is 25.6. The van der Waals surface area contributed by atoms with Gasteiger partial charge in [0.1, 0.15) is 0 Å². The maximum absolute atomic E-state index is 11.6. The summed E-state index contributed by atoms with van der Waals surface area (Å²) in [7, 11) is 0. The molecule has 0 aromatic rings. The van der Waals surface area contributed by atoms with Gasteiger partial charge in [-0.3, -0.25) is 9.69 Å². The lowest BCUT2D eigenvalue weighted by Gasteiger charge is -2.42. The molecule has 1 aliphatic rings. The van der Waals surface area contributed by atoms with Crippen LogP contribution >= 0.6 is 0 Å². The third kappa shape index (κ3) is 4.76. The summed E-state index contributed by atoms with van der Waals surface area (Å²) in [6.45, 7) is 8.35. The first-order valence-electron chi connectivity index (χ1n) is 8.53. The Morgan fingerprint density at radius 3 is 2.55 bits per heavy atom. The fourth-order valence-electron chi connectivity index (χ4n) is 3.38. The number of unbranched alkanes of at least 4 members (excludes halogenated alkanes) is 4. The Morgan fingerprint density at radius 2 is 1.95 bits per heavy atom. The van der Waals surface area contributed by atoms with Gasteiger partial charge >= 0.3 is 5.97 Å². The lowest BCUT2D eigenvalue weighted by Crippen LogP contribution is -2.50. The van der Waals surface area contributed by atoms with E-state index in [-0.39, 0.29) is 0 Å². The van der Waals surface area contributed by atoms with Crippen LogP contribution in [-0.2, 0) is 4.79 Å². The molecule has 0 amide bonds. The zero-order valence-corrected chi connectivity index (χ0v) is 13.7. The van der Waals surface area contributed by atoms with Gasteiger partial charge in [0.05, 0.1) is 5.41 Å². The molecule has 0 aromatic carbocycles. The number of likely N-dealkylation sites (tertiary alicyclic amines) is 1. The number of carboxylic acids is 1. The monoisotopic (exact) mass is 283 g/mol. The van der Waals surface area contributed by atoms with Crippen molar-refractivity contribution in [2.45, 2.75) is 84.6 Å². The van der Waals surface area contributed by atoms with Gasteiger partial charge in [0, 0.05) is 12.6 Å². The molecule has 1 saturated heterocycles. The van der Waals surface area contributed by atoms with Crippen LogP contribution in [0.3, 0.4) is 0 Å². The molecule has 0 aromatic heterocycles. The van der Waals surface area contributed by atoms with Gasteiger partial charge in [0.25, 0.3) is 0 Å². The number of hydrogen-bond acceptors (Lipinski definition) is 2. The highest BCUT2D eigenvalue weighted by molar-refractivity contribution is 5.75. The van der Waals surface area contributed by atoms with E-state index in [1.165, 1.54) is 38.5 Å². The minimum absolute atomic E-state index is 0.491. The standard InChI is InChI=1S/C17H33NO2/c1-4-6-7-8-9-11-15(3)18-13-10-12-17(5-2,14-18)16(19)20/h15H,4-14H2,1-3H3,(H,19,20). The lowest BCUT2D eigenvalue weighted by molar-refractivity contribution is -0.153. The van der Waals surface area contributed by atoms with Crippen molar-refractivity contribution in [1.29, 1.82) is 0 Å². The molecule has 2 unspecified atom stereocenters. The molecule has 0 spiro atoms. The van der Waals surface area contributed by atoms with E-state index >= 15 is 0 Å². The van der Waals surface area contributed by atoms with E-state index in [0.29, 0.717) is 6.04 Å². The fourth-order valence-corrected chi connectivity index (χ4v) is 3.38. The second kappa shape index (κ2) is 8.66. The van der Waals surface area contributed by atoms with Gasteiger partial charge in [0.15, 0.2) is 0 Å². The molecule has 1 rings (SSSR count). The minimum Gasteiger partial charge on any atom is -0.481 e. The summed E-state index contributed by atoms with van der Waals surface area (Å²) in [6, 6.07) is 0.530. The SMILES string of the molecule is CCCCCCCC(C)N1CCCC(CC)(C(=O)O)C1. The first kappa shape index (κ1) is 17.5. The van der Waals surface area contributed by atoms with Gasteiger partial charge in [-0.05, 0) is 39.2 Å². The van der Waals surface area contributed by atoms with E-state index in [4.69, 9.17) is 0 Å². The number of piperidine rings is 1. The molecule has 0 saturated carbocycles. The molecule has 0 radical (unpaired) electrons. The molecule has 0 bridgehead atoms. The van der Waals surface area contributed by atoms with Gasteiger partial charge in [0.2, 0.25) is 0 Å². The van der Waals surface area contributed by atoms with Crippen LogP contribution in [0, 0.1) is 5.41 Å². The van der Waals surface area contributed by atoms with Crippen LogP contribution in [0.5, 0.6) is 0 Å². The van der Waals surface area contributed by atoms with E-state index in [9.17, 15) is 9.90 Å². The Morgan fingerprint density at radius 1 is 1.25 bits per heavy atom. The topological polar surface area (TPSA) is 40.5 Å². The summed E-state index contributed by atoms with van der Waals surface area (Å²) in [5.41, 5.74) is -0.491. The fraction of sp³-hybridized carbons (Fsp3) is 0.941. The van der Waals surface area contributed by atoms with Crippen molar-refractivity contribution in [2.75, 3.05) is 13.1 Å². The van der Waals surface area contributed by atoms with Crippen LogP contribution in [-0.4, -0.2) is 35.1 Å². The first-order chi connectivity index (χ1) is 9.55. The van der Waals surface area contributed by atoms with Crippen molar-refractivity contribution in [1.82, 2.24) is 4.90 Å². The predicted octanol–water partition coefficient (Wildman–Crippen LogP) is 4.31. The highest BCUT2D eigenvalue weighted by Crippen LogP contribution is 2.35. The van der Waals surface area contributed by atoms with Gasteiger partial charge in [-0.25, -0.2) is 0 Å². The molecular formula is C17H33NO2. The molecule has 1 aliphatic heterocycles. The highest BCUT2D eigenvalue weighted by atomic mass is 16.4. The van der Waals surface area contributed by atoms with Crippen molar-refractivity contribution in [3.8, 4) is 0 Å². The highest BCUT2D eigenvalue weighted by Gasteiger charge is 2.41. The maximum Gasteiger partial charge on any atom is 0.310 e. The van der Waals surface area contributed by atoms with Crippen molar-refractivity contribution < 1.29 is 9.90 Å². The Kier molecular flexibility index (Phi) is 7.57. The van der Waals surface area contributed by atoms with Gasteiger partial charge in [-0.2, -0.15) is 0 Å². The number of carboxylic acid groups (broad SMARTS) is 1. The third-order valence-corrected chi connectivity index (χ3v) is 5.09. The van der Waals surface area contributed by atoms with E-state index in [1.54, 1.807) is 0 Å². The van der Waals surface area contributed by atoms with Crippen LogP contribution in [0.1, 0.15) is 78.6 Å². The maximum atomic E-state index is 11.6. The van der Waals surface area contributed by atoms with Gasteiger partial charge < -0.3 is 5.11 Å². The molecule has 1 N–H and O–H groups in total. The second-order valence-electron chi connectivity index (χ2n) is 6.56. The van der Waals surface area contributed by atoms with E-state index < -0.39 is 11.4 Å². The van der Waals surface area contributed by atoms with Crippen LogP contribution in [0.25, 0.3) is 0 Å². The van der Waals surface area contributed by atoms with Crippen molar-refractivity contribution in [3.05, 3.63) is 0 Å². The molecule has 1 heterocycles. The summed E-state index contributed by atoms with van der Waals surface area (Å²) in [6.07, 6.45) is 10.4. The number of carbonyl (C=O) groups is 1. The Labute approximate surface area is 124 Å². The largest absolute Gasteiger partial charge is 0.481 e. The zero-order chi connectivity index (χ0) is 15.0. The van der Waals surface area contributed by atoms with Crippen LogP contribution < -0.4 is 0 Å². The van der Waals surface area contributed by atoms with Crippen molar-refractivity contribution in [3.63, 3.8) is 0 Å². The molecule has 3 heteroatoms. The second-order valence-corrected chi connectivity index (χ2v) is 6.56. The molecule has 1 fully saturated rings. The Balaban J connectivity index is 2.40. The Hall–Kier alpha value is -0.570. The minimum atomic E-state index is -0.597. The first-order valence-corrected chi connectivity index (χ1v) is 8.53. The summed E-state index contributed by atoms with van der Waals surface area (Å²) < 4.78 is 0. The number of rotatable bonds is 9. The average molecular weight is 283 g/mol. The quantitative estimate of drug-likeness (QED) is 0.641. The van der Waals surface area contributed by atoms with E-state index in [2.05, 4.69) is 18.7 Å². The number of hydrogen-bond donors (Lipinski definition) is 1. The van der Waals surface area contributed by atoms with Crippen LogP contribution in [0.15, 0.2) is 0 Å². The molecule has 0 aliphatic carbocycles. The molecule has 118 valence electrons. The smallest absolute Gasteiger partial charge is 0.310 e.